The van der Waals surface area contributed by atoms with Gasteiger partial charge in [0.25, 0.3) is 5.91 Å². The lowest BCUT2D eigenvalue weighted by Crippen LogP contribution is -2.64. The summed E-state index contributed by atoms with van der Waals surface area (Å²) in [4.78, 5) is 58.9. The SMILES string of the molecule is CCO[C@@H]1c2nc(cs2)-c2ccc3c(c2)c(c(-c2cc(N4CCN(C)CC4)cnc2[C@H](C)OC)n3CC)CC(C)(C)COC(=O)[C@@H]2CCCN(N2)C(=O)[C@H]1NC(=O)N1CC[C@H]1CO. The zero-order chi connectivity index (χ0) is 44.6. The average Bonchev–Trinajstić information content (AvgIpc) is 3.88. The Labute approximate surface area is 373 Å². The number of hydrazine groups is 1. The Bertz CT molecular complexity index is 2300. The second kappa shape index (κ2) is 18.8. The van der Waals surface area contributed by atoms with Crippen molar-refractivity contribution in [1.29, 1.82) is 0 Å². The number of aliphatic hydroxyl groups is 1. The fourth-order valence-corrected chi connectivity index (χ4v) is 10.2. The summed E-state index contributed by atoms with van der Waals surface area (Å²) in [5.41, 5.74) is 10.4. The van der Waals surface area contributed by atoms with Gasteiger partial charge in [0.15, 0.2) is 0 Å². The van der Waals surface area contributed by atoms with Crippen molar-refractivity contribution in [3.8, 4) is 22.5 Å². The van der Waals surface area contributed by atoms with Crippen LogP contribution in [0.5, 0.6) is 0 Å². The molecule has 6 bridgehead atoms. The molecular weight excluding hydrogens is 823 g/mol. The molecular formula is C46H63N9O7S. The lowest BCUT2D eigenvalue weighted by molar-refractivity contribution is -0.156. The van der Waals surface area contributed by atoms with E-state index in [1.807, 2.05) is 25.4 Å². The summed E-state index contributed by atoms with van der Waals surface area (Å²) in [5.74, 6) is -0.898. The molecule has 17 heteroatoms. The van der Waals surface area contributed by atoms with Gasteiger partial charge in [0.2, 0.25) is 0 Å². The van der Waals surface area contributed by atoms with Gasteiger partial charge in [0, 0.05) is 92.4 Å². The number of ether oxygens (including phenoxy) is 3. The zero-order valence-corrected chi connectivity index (χ0v) is 38.5. The normalized spacial score (nSPS) is 23.9. The van der Waals surface area contributed by atoms with Crippen LogP contribution in [0.2, 0.25) is 0 Å². The van der Waals surface area contributed by atoms with E-state index in [1.54, 1.807) is 7.11 Å². The van der Waals surface area contributed by atoms with Gasteiger partial charge >= 0.3 is 12.0 Å². The number of urea groups is 1. The lowest BCUT2D eigenvalue weighted by Gasteiger charge is -2.42. The molecule has 0 aliphatic carbocycles. The summed E-state index contributed by atoms with van der Waals surface area (Å²) in [5, 5.41) is 17.8. The van der Waals surface area contributed by atoms with Crippen molar-refractivity contribution in [3.05, 3.63) is 52.1 Å². The molecule has 4 aliphatic heterocycles. The molecule has 7 heterocycles. The van der Waals surface area contributed by atoms with Gasteiger partial charge in [0.1, 0.15) is 23.2 Å². The summed E-state index contributed by atoms with van der Waals surface area (Å²) < 4.78 is 20.8. The quantitative estimate of drug-likeness (QED) is 0.190. The molecule has 4 aromatic rings. The lowest BCUT2D eigenvalue weighted by atomic mass is 9.84. The molecule has 1 aromatic carbocycles. The Hall–Kier alpha value is -4.65. The average molecular weight is 886 g/mol. The Morgan fingerprint density at radius 3 is 2.60 bits per heavy atom. The Morgan fingerprint density at radius 1 is 1.11 bits per heavy atom. The summed E-state index contributed by atoms with van der Waals surface area (Å²) in [6.45, 7) is 15.7. The molecule has 3 saturated heterocycles. The molecule has 3 aromatic heterocycles. The molecule has 8 rings (SSSR count). The van der Waals surface area contributed by atoms with Gasteiger partial charge in [0.05, 0.1) is 54.3 Å². The number of fused-ring (bicyclic) bond motifs is 6. The number of amides is 3. The van der Waals surface area contributed by atoms with E-state index in [0.717, 1.165) is 76.5 Å². The van der Waals surface area contributed by atoms with Crippen molar-refractivity contribution in [2.24, 2.45) is 5.41 Å². The fourth-order valence-electron chi connectivity index (χ4n) is 9.33. The van der Waals surface area contributed by atoms with Crippen LogP contribution in [0, 0.1) is 5.41 Å². The summed E-state index contributed by atoms with van der Waals surface area (Å²) >= 11 is 1.37. The first-order valence-corrected chi connectivity index (χ1v) is 23.3. The van der Waals surface area contributed by atoms with E-state index in [0.29, 0.717) is 50.3 Å². The molecule has 0 unspecified atom stereocenters. The largest absolute Gasteiger partial charge is 0.464 e. The van der Waals surface area contributed by atoms with Crippen molar-refractivity contribution >= 4 is 45.8 Å². The number of rotatable bonds is 9. The smallest absolute Gasteiger partial charge is 0.324 e. The molecule has 5 atom stereocenters. The summed E-state index contributed by atoms with van der Waals surface area (Å²) in [6, 6.07) is 5.94. The number of aryl methyl sites for hydroxylation is 1. The molecule has 0 spiro atoms. The molecule has 16 nitrogen and oxygen atoms in total. The van der Waals surface area contributed by atoms with Crippen molar-refractivity contribution in [2.45, 2.75) is 97.2 Å². The minimum Gasteiger partial charge on any atom is -0.464 e. The number of esters is 1. The van der Waals surface area contributed by atoms with Crippen LogP contribution in [-0.4, -0.2) is 144 Å². The Kier molecular flexibility index (Phi) is 13.4. The van der Waals surface area contributed by atoms with E-state index in [-0.39, 0.29) is 32.0 Å². The van der Waals surface area contributed by atoms with Gasteiger partial charge in [-0.3, -0.25) is 19.6 Å². The van der Waals surface area contributed by atoms with Crippen molar-refractivity contribution in [3.63, 3.8) is 0 Å². The van der Waals surface area contributed by atoms with E-state index in [1.165, 1.54) is 21.2 Å². The highest BCUT2D eigenvalue weighted by Crippen LogP contribution is 2.43. The number of methoxy groups -OCH3 is 1. The molecule has 4 aliphatic rings. The van der Waals surface area contributed by atoms with Crippen LogP contribution in [0.4, 0.5) is 10.5 Å². The summed E-state index contributed by atoms with van der Waals surface area (Å²) in [6.07, 6.45) is 3.03. The number of anilines is 1. The standard InChI is InChI=1S/C46H63N9O7S/c1-8-53-37-13-12-29-21-32(37)34(40(53)33-22-31(24-47-38(33)28(3)60-7)52-19-17-51(6)18-20-52)23-46(4,5)27-62-44(58)35-11-10-15-55(50-35)43(57)39(49-45(59)54-16-14-30(54)25-56)41(61-9-2)42-48-36(29)26-63-42/h12-13,21-22,24,26,28,30,35,39,41,50,56H,8-11,14-20,23,25,27H2,1-7H3,(H,49,59)/t28-,30-,35-,39-,41-/m0/s1. The maximum absolute atomic E-state index is 14.6. The van der Waals surface area contributed by atoms with E-state index < -0.39 is 41.5 Å². The number of thiazole rings is 1. The maximum atomic E-state index is 14.6. The van der Waals surface area contributed by atoms with Crippen LogP contribution in [-0.2, 0) is 36.8 Å². The van der Waals surface area contributed by atoms with Crippen LogP contribution in [0.25, 0.3) is 33.4 Å². The van der Waals surface area contributed by atoms with E-state index >= 15 is 0 Å². The Balaban J connectivity index is 1.28. The number of hydrogen-bond donors (Lipinski definition) is 3. The number of aromatic nitrogens is 3. The molecule has 3 fully saturated rings. The van der Waals surface area contributed by atoms with Crippen LogP contribution in [0.3, 0.4) is 0 Å². The van der Waals surface area contributed by atoms with Crippen molar-refractivity contribution < 1.29 is 33.7 Å². The number of benzene rings is 1. The predicted octanol–water partition coefficient (Wildman–Crippen LogP) is 5.15. The predicted molar refractivity (Wildman–Crippen MR) is 242 cm³/mol. The van der Waals surface area contributed by atoms with Gasteiger partial charge in [-0.2, -0.15) is 0 Å². The van der Waals surface area contributed by atoms with Crippen molar-refractivity contribution in [1.82, 2.24) is 40.1 Å². The molecule has 63 heavy (non-hydrogen) atoms. The van der Waals surface area contributed by atoms with Crippen LogP contribution in [0.1, 0.15) is 82.4 Å². The molecule has 0 radical (unpaired) electrons. The van der Waals surface area contributed by atoms with Gasteiger partial charge in [-0.15, -0.1) is 11.3 Å². The number of cyclic esters (lactones) is 1. The van der Waals surface area contributed by atoms with Crippen LogP contribution < -0.4 is 15.6 Å². The number of hydrogen-bond acceptors (Lipinski definition) is 13. The minimum absolute atomic E-state index is 0.138. The number of likely N-dealkylation sites (tertiary alicyclic amines) is 1. The first-order valence-electron chi connectivity index (χ1n) is 22.5. The molecule has 340 valence electrons. The van der Waals surface area contributed by atoms with Crippen molar-refractivity contribution in [2.75, 3.05) is 78.1 Å². The van der Waals surface area contributed by atoms with Gasteiger partial charge in [-0.05, 0) is 77.3 Å². The number of piperazine rings is 1. The topological polar surface area (TPSA) is 167 Å². The highest BCUT2D eigenvalue weighted by molar-refractivity contribution is 7.10. The van der Waals surface area contributed by atoms with Gasteiger partial charge < -0.3 is 43.9 Å². The molecule has 3 amide bonds. The number of aliphatic hydroxyl groups excluding tert-OH is 1. The first-order chi connectivity index (χ1) is 30.3. The maximum Gasteiger partial charge on any atom is 0.324 e. The highest BCUT2D eigenvalue weighted by atomic mass is 32.1. The number of carbonyl (C=O) groups is 3. The van der Waals surface area contributed by atoms with Crippen LogP contribution >= 0.6 is 11.3 Å². The molecule has 3 N–H and O–H groups in total. The third-order valence-electron chi connectivity index (χ3n) is 13.1. The third-order valence-corrected chi connectivity index (χ3v) is 14.0. The fraction of sp³-hybridized carbons (Fsp3) is 0.587. The van der Waals surface area contributed by atoms with Gasteiger partial charge in [-0.25, -0.2) is 15.2 Å². The highest BCUT2D eigenvalue weighted by Gasteiger charge is 2.42. The van der Waals surface area contributed by atoms with Crippen LogP contribution in [0.15, 0.2) is 35.8 Å². The van der Waals surface area contributed by atoms with E-state index in [2.05, 4.69) is 77.2 Å². The summed E-state index contributed by atoms with van der Waals surface area (Å²) in [7, 11) is 3.87. The van der Waals surface area contributed by atoms with Gasteiger partial charge in [-0.1, -0.05) is 19.9 Å². The third kappa shape index (κ3) is 9.05. The molecule has 0 saturated carbocycles. The number of nitrogens with one attached hydrogen (secondary N) is 2. The van der Waals surface area contributed by atoms with E-state index in [9.17, 15) is 19.5 Å². The monoisotopic (exact) mass is 885 g/mol. The number of nitrogens with zero attached hydrogens (tertiary/aromatic N) is 7. The number of likely N-dealkylation sites (N-methyl/N-ethyl adjacent to an activating group) is 1. The zero-order valence-electron chi connectivity index (χ0n) is 37.7. The second-order valence-electron chi connectivity index (χ2n) is 18.1. The Morgan fingerprint density at radius 2 is 1.90 bits per heavy atom. The number of pyridine rings is 1. The second-order valence-corrected chi connectivity index (χ2v) is 18.9. The minimum atomic E-state index is -1.19. The first kappa shape index (κ1) is 44.9. The number of carbonyl (C=O) groups excluding carboxylic acids is 3. The van der Waals surface area contributed by atoms with E-state index in [4.69, 9.17) is 24.2 Å².